The molecule has 2 rings (SSSR count). The molecule has 1 nitrogen and oxygen atoms in total. The van der Waals surface area contributed by atoms with Gasteiger partial charge in [-0.15, -0.1) is 13.2 Å². The van der Waals surface area contributed by atoms with Crippen molar-refractivity contribution in [3.8, 4) is 5.75 Å². The Morgan fingerprint density at radius 3 is 2.24 bits per heavy atom. The Labute approximate surface area is 150 Å². The minimum Gasteiger partial charge on any atom is -0.406 e. The molecule has 142 valence electrons. The number of rotatable bonds is 8. The summed E-state index contributed by atoms with van der Waals surface area (Å²) in [5.41, 5.74) is 1.09. The number of ether oxygens (including phenoxy) is 1. The lowest BCUT2D eigenvalue weighted by Gasteiger charge is -2.33. The van der Waals surface area contributed by atoms with Crippen LogP contribution < -0.4 is 4.74 Å². The molecule has 1 saturated carbocycles. The second-order valence-electron chi connectivity index (χ2n) is 7.65. The maximum Gasteiger partial charge on any atom is 0.573 e. The molecule has 1 unspecified atom stereocenters. The molecule has 0 aromatic heterocycles. The molecule has 1 aliphatic carbocycles. The fourth-order valence-corrected chi connectivity index (χ4v) is 4.17. The Hall–Kier alpha value is -1.19. The molecule has 0 bridgehead atoms. The lowest BCUT2D eigenvalue weighted by Crippen LogP contribution is -2.21. The Kier molecular flexibility index (Phi) is 7.64. The van der Waals surface area contributed by atoms with Gasteiger partial charge in [-0.05, 0) is 67.6 Å². The van der Waals surface area contributed by atoms with E-state index in [1.807, 2.05) is 0 Å². The molecule has 0 heterocycles. The molecule has 4 heteroatoms. The zero-order valence-electron chi connectivity index (χ0n) is 15.4. The molecule has 1 aromatic rings. The van der Waals surface area contributed by atoms with Crippen molar-refractivity contribution in [1.29, 1.82) is 0 Å². The van der Waals surface area contributed by atoms with E-state index in [9.17, 15) is 13.2 Å². The first-order chi connectivity index (χ1) is 11.9. The standard InChI is InChI=1S/C21H31F3O/c1-3-5-18(19-12-8-16(2)9-13-19)7-4-6-17-10-14-20(15-11-17)25-21(22,23)24/h10-11,14-16,18-19H,3-9,12-13H2,1-2H3. The Balaban J connectivity index is 1.79. The summed E-state index contributed by atoms with van der Waals surface area (Å²) in [6, 6.07) is 6.32. The van der Waals surface area contributed by atoms with Gasteiger partial charge in [0.15, 0.2) is 0 Å². The fourth-order valence-electron chi connectivity index (χ4n) is 4.17. The highest BCUT2D eigenvalue weighted by Crippen LogP contribution is 2.37. The third kappa shape index (κ3) is 7.29. The summed E-state index contributed by atoms with van der Waals surface area (Å²) in [6.07, 6.45) is 6.66. The Bertz CT molecular complexity index is 487. The molecule has 1 atom stereocenters. The van der Waals surface area contributed by atoms with Gasteiger partial charge in [0.2, 0.25) is 0 Å². The van der Waals surface area contributed by atoms with Crippen LogP contribution in [0.5, 0.6) is 5.75 Å². The van der Waals surface area contributed by atoms with Crippen LogP contribution >= 0.6 is 0 Å². The van der Waals surface area contributed by atoms with Crippen LogP contribution in [0.15, 0.2) is 24.3 Å². The van der Waals surface area contributed by atoms with E-state index in [-0.39, 0.29) is 5.75 Å². The molecule has 0 spiro atoms. The zero-order valence-corrected chi connectivity index (χ0v) is 15.4. The smallest absolute Gasteiger partial charge is 0.406 e. The third-order valence-electron chi connectivity index (χ3n) is 5.58. The van der Waals surface area contributed by atoms with E-state index in [1.54, 1.807) is 12.1 Å². The summed E-state index contributed by atoms with van der Waals surface area (Å²) >= 11 is 0. The van der Waals surface area contributed by atoms with E-state index in [0.29, 0.717) is 0 Å². The lowest BCUT2D eigenvalue weighted by atomic mass is 9.73. The van der Waals surface area contributed by atoms with E-state index in [1.165, 1.54) is 57.1 Å². The third-order valence-corrected chi connectivity index (χ3v) is 5.58. The second-order valence-corrected chi connectivity index (χ2v) is 7.65. The highest BCUT2D eigenvalue weighted by molar-refractivity contribution is 5.27. The molecule has 1 aromatic carbocycles. The van der Waals surface area contributed by atoms with Gasteiger partial charge < -0.3 is 4.74 Å². The fraction of sp³-hybridized carbons (Fsp3) is 0.714. The molecule has 0 N–H and O–H groups in total. The van der Waals surface area contributed by atoms with Crippen LogP contribution in [-0.2, 0) is 6.42 Å². The van der Waals surface area contributed by atoms with Gasteiger partial charge >= 0.3 is 6.36 Å². The molecule has 0 saturated heterocycles. The topological polar surface area (TPSA) is 9.23 Å². The monoisotopic (exact) mass is 356 g/mol. The molecule has 0 amide bonds. The number of alkyl halides is 3. The minimum absolute atomic E-state index is 0.142. The van der Waals surface area contributed by atoms with Gasteiger partial charge in [0.1, 0.15) is 5.75 Å². The maximum absolute atomic E-state index is 12.2. The van der Waals surface area contributed by atoms with Crippen molar-refractivity contribution in [2.75, 3.05) is 0 Å². The average Bonchev–Trinajstić information content (AvgIpc) is 2.55. The molecule has 1 aliphatic rings. The van der Waals surface area contributed by atoms with Gasteiger partial charge in [-0.3, -0.25) is 0 Å². The van der Waals surface area contributed by atoms with Crippen LogP contribution in [0.3, 0.4) is 0 Å². The second kappa shape index (κ2) is 9.49. The van der Waals surface area contributed by atoms with Crippen LogP contribution in [0.4, 0.5) is 13.2 Å². The van der Waals surface area contributed by atoms with Crippen molar-refractivity contribution in [2.24, 2.45) is 17.8 Å². The molecule has 0 aliphatic heterocycles. The summed E-state index contributed by atoms with van der Waals surface area (Å²) in [4.78, 5) is 0. The van der Waals surface area contributed by atoms with Crippen LogP contribution in [0.1, 0.15) is 70.8 Å². The van der Waals surface area contributed by atoms with E-state index < -0.39 is 6.36 Å². The largest absolute Gasteiger partial charge is 0.573 e. The summed E-state index contributed by atoms with van der Waals surface area (Å²) < 4.78 is 40.5. The van der Waals surface area contributed by atoms with Crippen molar-refractivity contribution in [3.05, 3.63) is 29.8 Å². The van der Waals surface area contributed by atoms with Crippen LogP contribution in [0, 0.1) is 17.8 Å². The SMILES string of the molecule is CCCC(CCCc1ccc(OC(F)(F)F)cc1)C1CCC(C)CC1. The number of halogens is 3. The molecular weight excluding hydrogens is 325 g/mol. The molecule has 1 fully saturated rings. The van der Waals surface area contributed by atoms with Gasteiger partial charge in [-0.25, -0.2) is 0 Å². The Morgan fingerprint density at radius 1 is 1.04 bits per heavy atom. The molecule has 25 heavy (non-hydrogen) atoms. The van der Waals surface area contributed by atoms with E-state index >= 15 is 0 Å². The van der Waals surface area contributed by atoms with Crippen molar-refractivity contribution in [3.63, 3.8) is 0 Å². The van der Waals surface area contributed by atoms with Gasteiger partial charge in [0.25, 0.3) is 0 Å². The summed E-state index contributed by atoms with van der Waals surface area (Å²) in [5.74, 6) is 2.43. The zero-order chi connectivity index (χ0) is 18.3. The van der Waals surface area contributed by atoms with Crippen LogP contribution in [-0.4, -0.2) is 6.36 Å². The van der Waals surface area contributed by atoms with Crippen LogP contribution in [0.25, 0.3) is 0 Å². The quantitative estimate of drug-likeness (QED) is 0.480. The van der Waals surface area contributed by atoms with Crippen molar-refractivity contribution < 1.29 is 17.9 Å². The first-order valence-corrected chi connectivity index (χ1v) is 9.72. The first-order valence-electron chi connectivity index (χ1n) is 9.72. The summed E-state index contributed by atoms with van der Waals surface area (Å²) in [7, 11) is 0. The van der Waals surface area contributed by atoms with Gasteiger partial charge in [0, 0.05) is 0 Å². The summed E-state index contributed by atoms with van der Waals surface area (Å²) in [5, 5.41) is 0. The lowest BCUT2D eigenvalue weighted by molar-refractivity contribution is -0.274. The van der Waals surface area contributed by atoms with Gasteiger partial charge in [-0.1, -0.05) is 51.7 Å². The van der Waals surface area contributed by atoms with Crippen LogP contribution in [0.2, 0.25) is 0 Å². The highest BCUT2D eigenvalue weighted by Gasteiger charge is 2.31. The number of hydrogen-bond acceptors (Lipinski definition) is 1. The predicted octanol–water partition coefficient (Wildman–Crippen LogP) is 7.15. The normalized spacial score (nSPS) is 22.6. The number of hydrogen-bond donors (Lipinski definition) is 0. The molecular formula is C21H31F3O. The Morgan fingerprint density at radius 2 is 1.68 bits per heavy atom. The first kappa shape index (κ1) is 20.1. The molecule has 0 radical (unpaired) electrons. The maximum atomic E-state index is 12.2. The van der Waals surface area contributed by atoms with Gasteiger partial charge in [-0.2, -0.15) is 0 Å². The van der Waals surface area contributed by atoms with Crippen molar-refractivity contribution in [1.82, 2.24) is 0 Å². The van der Waals surface area contributed by atoms with Crippen molar-refractivity contribution in [2.45, 2.75) is 78.0 Å². The minimum atomic E-state index is -4.62. The van der Waals surface area contributed by atoms with E-state index in [0.717, 1.165) is 36.2 Å². The van der Waals surface area contributed by atoms with Crippen molar-refractivity contribution >= 4 is 0 Å². The van der Waals surface area contributed by atoms with E-state index in [2.05, 4.69) is 18.6 Å². The van der Waals surface area contributed by atoms with Gasteiger partial charge in [0.05, 0.1) is 0 Å². The van der Waals surface area contributed by atoms with E-state index in [4.69, 9.17) is 0 Å². The predicted molar refractivity (Wildman–Crippen MR) is 95.6 cm³/mol. The number of aryl methyl sites for hydroxylation is 1. The number of benzene rings is 1. The average molecular weight is 356 g/mol. The highest BCUT2D eigenvalue weighted by atomic mass is 19.4. The summed E-state index contributed by atoms with van der Waals surface area (Å²) in [6.45, 7) is 4.62.